The molecule has 1 spiro atoms. The maximum Gasteiger partial charge on any atom is 0.325 e. The van der Waals surface area contributed by atoms with E-state index in [-0.39, 0.29) is 11.7 Å². The van der Waals surface area contributed by atoms with Gasteiger partial charge in [-0.15, -0.1) is 0 Å². The molecular formula is C20H29ClN5O6P. The first-order valence-corrected chi connectivity index (χ1v) is 13.5. The smallest absolute Gasteiger partial charge is 0.325 e. The van der Waals surface area contributed by atoms with Crippen LogP contribution in [0.1, 0.15) is 51.2 Å². The number of aromatic nitrogens is 4. The first kappa shape index (κ1) is 23.4. The van der Waals surface area contributed by atoms with Crippen LogP contribution in [0.5, 0.6) is 0 Å². The van der Waals surface area contributed by atoms with E-state index in [0.29, 0.717) is 22.4 Å². The number of fused-ring (bicyclic) bond motifs is 1. The number of ether oxygens (including phenoxy) is 1. The molecule has 0 aromatic carbocycles. The molecule has 4 N–H and O–H groups in total. The molecule has 11 nitrogen and oxygen atoms in total. The van der Waals surface area contributed by atoms with E-state index < -0.39 is 38.3 Å². The predicted molar refractivity (Wildman–Crippen MR) is 120 cm³/mol. The van der Waals surface area contributed by atoms with Crippen molar-refractivity contribution < 1.29 is 29.3 Å². The molecule has 1 saturated carbocycles. The lowest BCUT2D eigenvalue weighted by Gasteiger charge is -2.33. The molecule has 0 bridgehead atoms. The van der Waals surface area contributed by atoms with Crippen molar-refractivity contribution >= 4 is 36.2 Å². The highest BCUT2D eigenvalue weighted by Crippen LogP contribution is 2.46. The van der Waals surface area contributed by atoms with Gasteiger partial charge in [-0.3, -0.25) is 9.13 Å². The number of aliphatic hydroxyl groups is 2. The molecule has 3 aliphatic rings. The SMILES string of the molecule is O=P(O)(O)CC[C@H]1O[C@@H](n2cnc3c(N4CCC5(CCCCC5)C4)nc(Cl)nc32)[C@@H](O)C1O. The Kier molecular flexibility index (Phi) is 6.18. The van der Waals surface area contributed by atoms with E-state index in [0.717, 1.165) is 19.5 Å². The van der Waals surface area contributed by atoms with Crippen molar-refractivity contribution in [3.8, 4) is 0 Å². The van der Waals surface area contributed by atoms with Crippen molar-refractivity contribution in [1.29, 1.82) is 0 Å². The van der Waals surface area contributed by atoms with E-state index in [1.807, 2.05) is 0 Å². The molecular weight excluding hydrogens is 473 g/mol. The molecule has 13 heteroatoms. The number of nitrogens with zero attached hydrogens (tertiary/aromatic N) is 5. The van der Waals surface area contributed by atoms with Gasteiger partial charge in [-0.05, 0) is 42.7 Å². The lowest BCUT2D eigenvalue weighted by molar-refractivity contribution is -0.0355. The first-order chi connectivity index (χ1) is 15.7. The summed E-state index contributed by atoms with van der Waals surface area (Å²) in [5.41, 5.74) is 1.23. The Morgan fingerprint density at radius 1 is 1.15 bits per heavy atom. The number of halogens is 1. The van der Waals surface area contributed by atoms with Crippen LogP contribution in [0.25, 0.3) is 11.2 Å². The molecule has 5 rings (SSSR count). The fraction of sp³-hybridized carbons (Fsp3) is 0.750. The van der Waals surface area contributed by atoms with Crippen LogP contribution in [-0.2, 0) is 9.30 Å². The number of imidazole rings is 1. The van der Waals surface area contributed by atoms with E-state index >= 15 is 0 Å². The van der Waals surface area contributed by atoms with E-state index in [1.54, 1.807) is 0 Å². The lowest BCUT2D eigenvalue weighted by atomic mass is 9.73. The lowest BCUT2D eigenvalue weighted by Crippen LogP contribution is -2.32. The monoisotopic (exact) mass is 501 g/mol. The number of rotatable bonds is 5. The third-order valence-electron chi connectivity index (χ3n) is 7.34. The summed E-state index contributed by atoms with van der Waals surface area (Å²) in [6.07, 6.45) is 3.69. The maximum absolute atomic E-state index is 11.2. The highest BCUT2D eigenvalue weighted by atomic mass is 35.5. The van der Waals surface area contributed by atoms with Crippen molar-refractivity contribution in [3.63, 3.8) is 0 Å². The topological polar surface area (TPSA) is 154 Å². The third-order valence-corrected chi connectivity index (χ3v) is 8.35. The van der Waals surface area contributed by atoms with E-state index in [9.17, 15) is 14.8 Å². The average molecular weight is 502 g/mol. The standard InChI is InChI=1S/C20H29ClN5O6P/c21-19-23-16(25-8-7-20(10-25)5-2-1-3-6-20)13-17(24-19)26(11-22-13)18-15(28)14(27)12(32-18)4-9-33(29,30)31/h11-12,14-15,18,27-28H,1-10H2,(H2,29,30,31)/t12-,14?,15+,18-/m1/s1. The number of hydrogen-bond donors (Lipinski definition) is 4. The van der Waals surface area contributed by atoms with Gasteiger partial charge in [0.05, 0.1) is 18.6 Å². The van der Waals surface area contributed by atoms with Crippen LogP contribution in [-0.4, -0.2) is 77.1 Å². The van der Waals surface area contributed by atoms with Crippen LogP contribution in [0.4, 0.5) is 5.82 Å². The number of hydrogen-bond acceptors (Lipinski definition) is 8. The van der Waals surface area contributed by atoms with Gasteiger partial charge in [0.1, 0.15) is 12.2 Å². The Morgan fingerprint density at radius 2 is 1.91 bits per heavy atom. The minimum atomic E-state index is -4.26. The summed E-state index contributed by atoms with van der Waals surface area (Å²) in [5.74, 6) is 0.650. The summed E-state index contributed by atoms with van der Waals surface area (Å²) in [6.45, 7) is 1.76. The second kappa shape index (κ2) is 8.71. The van der Waals surface area contributed by atoms with Gasteiger partial charge in [0.25, 0.3) is 0 Å². The van der Waals surface area contributed by atoms with Crippen molar-refractivity contribution in [2.24, 2.45) is 5.41 Å². The summed E-state index contributed by atoms with van der Waals surface area (Å²) >= 11 is 6.28. The molecule has 3 fully saturated rings. The largest absolute Gasteiger partial charge is 0.388 e. The van der Waals surface area contributed by atoms with Gasteiger partial charge < -0.3 is 29.6 Å². The van der Waals surface area contributed by atoms with Gasteiger partial charge in [0.2, 0.25) is 5.28 Å². The quantitative estimate of drug-likeness (QED) is 0.352. The molecule has 2 aromatic heterocycles. The molecule has 4 atom stereocenters. The second-order valence-electron chi connectivity index (χ2n) is 9.60. The summed E-state index contributed by atoms with van der Waals surface area (Å²) in [4.78, 5) is 33.8. The second-order valence-corrected chi connectivity index (χ2v) is 11.7. The molecule has 2 saturated heterocycles. The summed E-state index contributed by atoms with van der Waals surface area (Å²) in [7, 11) is -4.26. The Hall–Kier alpha value is -1.33. The molecule has 2 aliphatic heterocycles. The van der Waals surface area contributed by atoms with Crippen molar-refractivity contribution in [1.82, 2.24) is 19.5 Å². The van der Waals surface area contributed by atoms with Crippen molar-refractivity contribution in [3.05, 3.63) is 11.6 Å². The Morgan fingerprint density at radius 3 is 2.64 bits per heavy atom. The molecule has 182 valence electrons. The fourth-order valence-electron chi connectivity index (χ4n) is 5.60. The van der Waals surface area contributed by atoms with E-state index in [2.05, 4.69) is 19.9 Å². The molecule has 0 radical (unpaired) electrons. The van der Waals surface area contributed by atoms with Crippen molar-refractivity contribution in [2.45, 2.75) is 69.5 Å². The predicted octanol–water partition coefficient (Wildman–Crippen LogP) is 1.83. The van der Waals surface area contributed by atoms with Crippen LogP contribution in [0.15, 0.2) is 6.33 Å². The summed E-state index contributed by atoms with van der Waals surface area (Å²) < 4.78 is 18.5. The van der Waals surface area contributed by atoms with E-state index in [1.165, 1.54) is 43.0 Å². The Balaban J connectivity index is 1.42. The van der Waals surface area contributed by atoms with Crippen LogP contribution in [0, 0.1) is 5.41 Å². The van der Waals surface area contributed by atoms with Crippen LogP contribution in [0.2, 0.25) is 5.28 Å². The van der Waals surface area contributed by atoms with Crippen LogP contribution < -0.4 is 4.90 Å². The zero-order chi connectivity index (χ0) is 23.4. The Bertz CT molecular complexity index is 1070. The van der Waals surface area contributed by atoms with Crippen LogP contribution >= 0.6 is 19.2 Å². The fourth-order valence-corrected chi connectivity index (χ4v) is 6.35. The average Bonchev–Trinajstić information content (AvgIpc) is 3.44. The highest BCUT2D eigenvalue weighted by molar-refractivity contribution is 7.51. The van der Waals surface area contributed by atoms with Gasteiger partial charge in [-0.25, -0.2) is 4.98 Å². The van der Waals surface area contributed by atoms with Crippen LogP contribution in [0.3, 0.4) is 0 Å². The maximum atomic E-state index is 11.2. The Labute approximate surface area is 195 Å². The third kappa shape index (κ3) is 4.52. The van der Waals surface area contributed by atoms with Gasteiger partial charge in [0.15, 0.2) is 23.2 Å². The van der Waals surface area contributed by atoms with Crippen molar-refractivity contribution in [2.75, 3.05) is 24.2 Å². The minimum absolute atomic E-state index is 0.0509. The molecule has 1 aliphatic carbocycles. The zero-order valence-corrected chi connectivity index (χ0v) is 19.8. The van der Waals surface area contributed by atoms with Gasteiger partial charge >= 0.3 is 7.60 Å². The highest BCUT2D eigenvalue weighted by Gasteiger charge is 2.45. The zero-order valence-electron chi connectivity index (χ0n) is 18.1. The number of anilines is 1. The van der Waals surface area contributed by atoms with Gasteiger partial charge in [0, 0.05) is 13.1 Å². The van der Waals surface area contributed by atoms with Gasteiger partial charge in [-0.1, -0.05) is 19.3 Å². The molecule has 0 amide bonds. The normalized spacial score (nSPS) is 30.0. The number of aliphatic hydroxyl groups excluding tert-OH is 2. The molecule has 33 heavy (non-hydrogen) atoms. The first-order valence-electron chi connectivity index (χ1n) is 11.4. The van der Waals surface area contributed by atoms with E-state index in [4.69, 9.17) is 26.1 Å². The molecule has 2 aromatic rings. The molecule has 1 unspecified atom stereocenters. The van der Waals surface area contributed by atoms with Gasteiger partial charge in [-0.2, -0.15) is 9.97 Å². The minimum Gasteiger partial charge on any atom is -0.388 e. The summed E-state index contributed by atoms with van der Waals surface area (Å²) in [5, 5.41) is 21.0. The molecule has 4 heterocycles. The summed E-state index contributed by atoms with van der Waals surface area (Å²) in [6, 6.07) is 0.